The van der Waals surface area contributed by atoms with Gasteiger partial charge in [-0.15, -0.1) is 12.4 Å². The fourth-order valence-electron chi connectivity index (χ4n) is 3.23. The van der Waals surface area contributed by atoms with Crippen molar-refractivity contribution in [3.05, 3.63) is 33.9 Å². The van der Waals surface area contributed by atoms with Crippen molar-refractivity contribution in [1.82, 2.24) is 5.32 Å². The number of nitrogens with two attached hydrogens (primary N) is 1. The number of nitro benzene ring substituents is 1. The number of hydrogen-bond donors (Lipinski definition) is 2. The normalized spacial score (nSPS) is 20.2. The van der Waals surface area contributed by atoms with Gasteiger partial charge in [-0.25, -0.2) is 0 Å². The van der Waals surface area contributed by atoms with Gasteiger partial charge >= 0.3 is 0 Å². The van der Waals surface area contributed by atoms with Crippen LogP contribution in [0.4, 0.5) is 11.4 Å². The fraction of sp³-hybridized carbons (Fsp3) is 0.562. The van der Waals surface area contributed by atoms with Gasteiger partial charge in [0.25, 0.3) is 11.6 Å². The number of rotatable bonds is 5. The second-order valence-electron chi connectivity index (χ2n) is 6.36. The lowest BCUT2D eigenvalue weighted by Gasteiger charge is -2.36. The molecule has 2 rings (SSSR count). The van der Waals surface area contributed by atoms with Gasteiger partial charge in [-0.05, 0) is 30.4 Å². The predicted molar refractivity (Wildman–Crippen MR) is 96.9 cm³/mol. The summed E-state index contributed by atoms with van der Waals surface area (Å²) in [6, 6.07) is 4.67. The van der Waals surface area contributed by atoms with Crippen molar-refractivity contribution in [2.75, 3.05) is 31.1 Å². The molecule has 2 atom stereocenters. The van der Waals surface area contributed by atoms with Crippen LogP contribution in [0, 0.1) is 22.0 Å². The first-order chi connectivity index (χ1) is 10.9. The molecule has 0 saturated carbocycles. The Kier molecular flexibility index (Phi) is 7.44. The molecular weight excluding hydrogens is 332 g/mol. The lowest BCUT2D eigenvalue weighted by molar-refractivity contribution is -0.384. The van der Waals surface area contributed by atoms with Gasteiger partial charge in [0.2, 0.25) is 0 Å². The number of nitrogens with zero attached hydrogens (tertiary/aromatic N) is 2. The Bertz CT molecular complexity index is 587. The lowest BCUT2D eigenvalue weighted by Crippen LogP contribution is -2.39. The monoisotopic (exact) mass is 356 g/mol. The van der Waals surface area contributed by atoms with E-state index in [2.05, 4.69) is 24.1 Å². The molecule has 1 aliphatic rings. The Morgan fingerprint density at radius 2 is 2.00 bits per heavy atom. The molecule has 3 N–H and O–H groups in total. The van der Waals surface area contributed by atoms with E-state index < -0.39 is 4.92 Å². The molecule has 1 aliphatic heterocycles. The molecule has 1 saturated heterocycles. The molecule has 1 aromatic carbocycles. The Labute approximate surface area is 148 Å². The molecule has 1 aromatic rings. The topological polar surface area (TPSA) is 102 Å². The maximum Gasteiger partial charge on any atom is 0.293 e. The van der Waals surface area contributed by atoms with Crippen molar-refractivity contribution in [3.8, 4) is 0 Å². The minimum absolute atomic E-state index is 0. The summed E-state index contributed by atoms with van der Waals surface area (Å²) < 4.78 is 0. The van der Waals surface area contributed by atoms with E-state index in [1.165, 1.54) is 6.07 Å². The van der Waals surface area contributed by atoms with Gasteiger partial charge in [0, 0.05) is 37.8 Å². The molecule has 0 aromatic heterocycles. The maximum absolute atomic E-state index is 12.0. The van der Waals surface area contributed by atoms with Gasteiger partial charge in [0.15, 0.2) is 0 Å². The predicted octanol–water partition coefficient (Wildman–Crippen LogP) is 2.19. The van der Waals surface area contributed by atoms with Crippen LogP contribution in [0.5, 0.6) is 0 Å². The first-order valence-corrected chi connectivity index (χ1v) is 7.94. The molecule has 0 spiro atoms. The van der Waals surface area contributed by atoms with Crippen LogP contribution in [-0.4, -0.2) is 37.0 Å². The standard InChI is InChI=1S/C16H24N4O3.ClH/c1-11-7-12(2)10-19(9-11)14-4-3-13(8-15(14)20(22)23)16(21)18-6-5-17;/h3-4,8,11-12H,5-7,9-10,17H2,1-2H3,(H,18,21);1H. The zero-order valence-electron chi connectivity index (χ0n) is 14.0. The smallest absolute Gasteiger partial charge is 0.293 e. The van der Waals surface area contributed by atoms with E-state index in [1.54, 1.807) is 12.1 Å². The second-order valence-corrected chi connectivity index (χ2v) is 6.36. The van der Waals surface area contributed by atoms with Gasteiger partial charge in [0.1, 0.15) is 5.69 Å². The van der Waals surface area contributed by atoms with Crippen LogP contribution in [0.25, 0.3) is 0 Å². The van der Waals surface area contributed by atoms with E-state index in [0.717, 1.165) is 19.5 Å². The van der Waals surface area contributed by atoms with Gasteiger partial charge in [-0.2, -0.15) is 0 Å². The third-order valence-corrected chi connectivity index (χ3v) is 4.07. The highest BCUT2D eigenvalue weighted by Crippen LogP contribution is 2.33. The Morgan fingerprint density at radius 1 is 1.38 bits per heavy atom. The number of nitrogens with one attached hydrogen (secondary N) is 1. The van der Waals surface area contributed by atoms with Gasteiger partial charge in [-0.1, -0.05) is 13.8 Å². The highest BCUT2D eigenvalue weighted by Gasteiger charge is 2.27. The Hall–Kier alpha value is -1.86. The van der Waals surface area contributed by atoms with Gasteiger partial charge in [0.05, 0.1) is 4.92 Å². The van der Waals surface area contributed by atoms with Crippen LogP contribution in [0.1, 0.15) is 30.6 Å². The summed E-state index contributed by atoms with van der Waals surface area (Å²) in [5, 5.41) is 14.1. The van der Waals surface area contributed by atoms with E-state index in [-0.39, 0.29) is 29.6 Å². The van der Waals surface area contributed by atoms with E-state index in [9.17, 15) is 14.9 Å². The van der Waals surface area contributed by atoms with Gasteiger partial charge in [-0.3, -0.25) is 14.9 Å². The molecule has 2 unspecified atom stereocenters. The van der Waals surface area contributed by atoms with E-state index in [4.69, 9.17) is 5.73 Å². The molecule has 8 heteroatoms. The number of anilines is 1. The van der Waals surface area contributed by atoms with Gasteiger partial charge < -0.3 is 16.0 Å². The van der Waals surface area contributed by atoms with Crippen LogP contribution in [-0.2, 0) is 0 Å². The summed E-state index contributed by atoms with van der Waals surface area (Å²) >= 11 is 0. The number of carbonyl (C=O) groups excluding carboxylic acids is 1. The first-order valence-electron chi connectivity index (χ1n) is 7.94. The summed E-state index contributed by atoms with van der Waals surface area (Å²) in [5.41, 5.74) is 6.20. The van der Waals surface area contributed by atoms with Crippen molar-refractivity contribution in [1.29, 1.82) is 0 Å². The molecule has 24 heavy (non-hydrogen) atoms. The SMILES string of the molecule is CC1CC(C)CN(c2ccc(C(=O)NCCN)cc2[N+](=O)[O-])C1.Cl. The number of amides is 1. The minimum atomic E-state index is -0.418. The number of benzene rings is 1. The zero-order chi connectivity index (χ0) is 17.0. The minimum Gasteiger partial charge on any atom is -0.365 e. The molecule has 134 valence electrons. The van der Waals surface area contributed by atoms with Crippen LogP contribution in [0.3, 0.4) is 0 Å². The zero-order valence-corrected chi connectivity index (χ0v) is 14.8. The third kappa shape index (κ3) is 4.82. The number of piperidine rings is 1. The van der Waals surface area contributed by atoms with Crippen molar-refractivity contribution in [2.45, 2.75) is 20.3 Å². The van der Waals surface area contributed by atoms with Crippen molar-refractivity contribution >= 4 is 29.7 Å². The van der Waals surface area contributed by atoms with Crippen LogP contribution in [0.15, 0.2) is 18.2 Å². The maximum atomic E-state index is 12.0. The van der Waals surface area contributed by atoms with E-state index in [0.29, 0.717) is 30.6 Å². The third-order valence-electron chi connectivity index (χ3n) is 4.07. The lowest BCUT2D eigenvalue weighted by atomic mass is 9.91. The van der Waals surface area contributed by atoms with Crippen molar-refractivity contribution < 1.29 is 9.72 Å². The molecule has 0 radical (unpaired) electrons. The summed E-state index contributed by atoms with van der Waals surface area (Å²) in [7, 11) is 0. The highest BCUT2D eigenvalue weighted by molar-refractivity contribution is 5.95. The molecule has 0 bridgehead atoms. The van der Waals surface area contributed by atoms with E-state index in [1.807, 2.05) is 0 Å². The van der Waals surface area contributed by atoms with E-state index >= 15 is 0 Å². The largest absolute Gasteiger partial charge is 0.365 e. The summed E-state index contributed by atoms with van der Waals surface area (Å²) in [5.74, 6) is 0.641. The van der Waals surface area contributed by atoms with Crippen LogP contribution >= 0.6 is 12.4 Å². The summed E-state index contributed by atoms with van der Waals surface area (Å²) in [4.78, 5) is 25.0. The highest BCUT2D eigenvalue weighted by atomic mass is 35.5. The molecule has 7 nitrogen and oxygen atoms in total. The number of carbonyl (C=O) groups is 1. The number of halogens is 1. The Morgan fingerprint density at radius 3 is 2.54 bits per heavy atom. The summed E-state index contributed by atoms with van der Waals surface area (Å²) in [6.45, 7) is 6.57. The average molecular weight is 357 g/mol. The Balaban J connectivity index is 0.00000288. The molecule has 1 heterocycles. The van der Waals surface area contributed by atoms with Crippen molar-refractivity contribution in [2.24, 2.45) is 17.6 Å². The molecule has 0 aliphatic carbocycles. The number of nitro groups is 1. The number of hydrogen-bond acceptors (Lipinski definition) is 5. The average Bonchev–Trinajstić information content (AvgIpc) is 2.51. The van der Waals surface area contributed by atoms with Crippen LogP contribution < -0.4 is 16.0 Å². The van der Waals surface area contributed by atoms with Crippen molar-refractivity contribution in [3.63, 3.8) is 0 Å². The molecule has 1 fully saturated rings. The first kappa shape index (κ1) is 20.2. The van der Waals surface area contributed by atoms with Crippen LogP contribution in [0.2, 0.25) is 0 Å². The fourth-order valence-corrected chi connectivity index (χ4v) is 3.23. The molecular formula is C16H25ClN4O3. The second kappa shape index (κ2) is 8.84. The quantitative estimate of drug-likeness (QED) is 0.622. The summed E-state index contributed by atoms with van der Waals surface area (Å²) in [6.07, 6.45) is 1.13. The molecule has 1 amide bonds.